The zero-order valence-electron chi connectivity index (χ0n) is 7.56. The third-order valence-corrected chi connectivity index (χ3v) is 1.64. The molecule has 62 valence electrons. The molecule has 0 aromatic carbocycles. The summed E-state index contributed by atoms with van der Waals surface area (Å²) in [7, 11) is 0. The highest BCUT2D eigenvalue weighted by Crippen LogP contribution is 2.08. The number of hydrogen-bond donors (Lipinski definition) is 0. The Kier molecular flexibility index (Phi) is 6.82. The number of rotatable bonds is 5. The summed E-state index contributed by atoms with van der Waals surface area (Å²) < 4.78 is 0. The Hall–Kier alpha value is -0.770. The van der Waals surface area contributed by atoms with Crippen LogP contribution in [0.2, 0.25) is 0 Å². The molecule has 0 bridgehead atoms. The Morgan fingerprint density at radius 3 is 2.55 bits per heavy atom. The monoisotopic (exact) mass is 151 g/mol. The first-order chi connectivity index (χ1) is 5.35. The zero-order chi connectivity index (χ0) is 8.53. The van der Waals surface area contributed by atoms with Crippen molar-refractivity contribution < 1.29 is 0 Å². The summed E-state index contributed by atoms with van der Waals surface area (Å²) >= 11 is 0. The minimum Gasteiger partial charge on any atom is -0.193 e. The second kappa shape index (κ2) is 7.34. The fourth-order valence-electron chi connectivity index (χ4n) is 1.02. The first kappa shape index (κ1) is 10.2. The molecule has 0 atom stereocenters. The second-order valence-corrected chi connectivity index (χ2v) is 2.71. The summed E-state index contributed by atoms with van der Waals surface area (Å²) in [6.07, 6.45) is 7.60. The highest BCUT2D eigenvalue weighted by atomic mass is 14.2. The van der Waals surface area contributed by atoms with E-state index in [2.05, 4.69) is 19.9 Å². The van der Waals surface area contributed by atoms with E-state index in [9.17, 15) is 0 Å². The topological polar surface area (TPSA) is 23.8 Å². The van der Waals surface area contributed by atoms with Crippen molar-refractivity contribution in [2.45, 2.75) is 46.0 Å². The number of nitrogens with zero attached hydrogens (tertiary/aromatic N) is 1. The maximum atomic E-state index is 8.64. The summed E-state index contributed by atoms with van der Waals surface area (Å²) in [4.78, 5) is 0. The van der Waals surface area contributed by atoms with Gasteiger partial charge >= 0.3 is 0 Å². The average Bonchev–Trinajstić information content (AvgIpc) is 2.03. The van der Waals surface area contributed by atoms with Gasteiger partial charge in [0.05, 0.1) is 6.07 Å². The fourth-order valence-corrected chi connectivity index (χ4v) is 1.02. The molecule has 0 N–H and O–H groups in total. The lowest BCUT2D eigenvalue weighted by Gasteiger charge is -1.95. The Labute approximate surface area is 69.7 Å². The molecule has 11 heavy (non-hydrogen) atoms. The molecule has 0 saturated heterocycles. The van der Waals surface area contributed by atoms with Crippen molar-refractivity contribution in [1.29, 1.82) is 5.26 Å². The van der Waals surface area contributed by atoms with Crippen molar-refractivity contribution in [3.63, 3.8) is 0 Å². The lowest BCUT2D eigenvalue weighted by atomic mass is 10.1. The third kappa shape index (κ3) is 5.66. The Morgan fingerprint density at radius 2 is 2.09 bits per heavy atom. The van der Waals surface area contributed by atoms with E-state index in [1.165, 1.54) is 12.8 Å². The smallest absolute Gasteiger partial charge is 0.0943 e. The molecule has 0 saturated carbocycles. The summed E-state index contributed by atoms with van der Waals surface area (Å²) in [5.41, 5.74) is 0.959. The number of hydrogen-bond acceptors (Lipinski definition) is 1. The molecule has 0 radical (unpaired) electrons. The van der Waals surface area contributed by atoms with Crippen molar-refractivity contribution in [3.8, 4) is 6.07 Å². The lowest BCUT2D eigenvalue weighted by molar-refractivity contribution is 0.719. The molecular weight excluding hydrogens is 134 g/mol. The standard InChI is InChI=1S/C10H17N/c1-3-5-6-8-10(9-11)7-4-2/h7H,3-6,8H2,1-2H3/b10-7+. The zero-order valence-corrected chi connectivity index (χ0v) is 7.56. The normalized spacial score (nSPS) is 11.2. The van der Waals surface area contributed by atoms with Crippen LogP contribution in [0.4, 0.5) is 0 Å². The predicted octanol–water partition coefficient (Wildman–Crippen LogP) is 3.43. The van der Waals surface area contributed by atoms with Crippen molar-refractivity contribution in [3.05, 3.63) is 11.6 Å². The summed E-state index contributed by atoms with van der Waals surface area (Å²) in [6.45, 7) is 4.24. The van der Waals surface area contributed by atoms with Gasteiger partial charge in [0.25, 0.3) is 0 Å². The van der Waals surface area contributed by atoms with E-state index in [1.807, 2.05) is 6.08 Å². The van der Waals surface area contributed by atoms with E-state index in [-0.39, 0.29) is 0 Å². The van der Waals surface area contributed by atoms with Crippen LogP contribution in [0.1, 0.15) is 46.0 Å². The molecule has 0 aliphatic heterocycles. The molecule has 0 aromatic rings. The summed E-state index contributed by atoms with van der Waals surface area (Å²) in [6, 6.07) is 2.22. The van der Waals surface area contributed by atoms with E-state index < -0.39 is 0 Å². The van der Waals surface area contributed by atoms with E-state index in [1.54, 1.807) is 0 Å². The number of nitriles is 1. The average molecular weight is 151 g/mol. The third-order valence-electron chi connectivity index (χ3n) is 1.64. The molecular formula is C10H17N. The Morgan fingerprint density at radius 1 is 1.36 bits per heavy atom. The van der Waals surface area contributed by atoms with Crippen molar-refractivity contribution in [1.82, 2.24) is 0 Å². The maximum absolute atomic E-state index is 8.64. The fraction of sp³-hybridized carbons (Fsp3) is 0.700. The molecule has 0 fully saturated rings. The largest absolute Gasteiger partial charge is 0.193 e. The molecule has 1 nitrogen and oxygen atoms in total. The van der Waals surface area contributed by atoms with Crippen LogP contribution >= 0.6 is 0 Å². The van der Waals surface area contributed by atoms with Gasteiger partial charge in [-0.15, -0.1) is 0 Å². The number of unbranched alkanes of at least 4 members (excludes halogenated alkanes) is 2. The van der Waals surface area contributed by atoms with Gasteiger partial charge in [-0.25, -0.2) is 0 Å². The van der Waals surface area contributed by atoms with E-state index >= 15 is 0 Å². The highest BCUT2D eigenvalue weighted by Gasteiger charge is 1.92. The molecule has 0 aliphatic rings. The minimum atomic E-state index is 0.959. The molecule has 0 rings (SSSR count). The molecule has 0 amide bonds. The van der Waals surface area contributed by atoms with Gasteiger partial charge in [0.1, 0.15) is 0 Å². The van der Waals surface area contributed by atoms with Gasteiger partial charge in [-0.3, -0.25) is 0 Å². The molecule has 0 unspecified atom stereocenters. The van der Waals surface area contributed by atoms with Gasteiger partial charge in [0.2, 0.25) is 0 Å². The second-order valence-electron chi connectivity index (χ2n) is 2.71. The molecule has 0 aliphatic carbocycles. The summed E-state index contributed by atoms with van der Waals surface area (Å²) in [5.74, 6) is 0. The quantitative estimate of drug-likeness (QED) is 0.436. The van der Waals surface area contributed by atoms with Crippen LogP contribution in [0, 0.1) is 11.3 Å². The maximum Gasteiger partial charge on any atom is 0.0943 e. The van der Waals surface area contributed by atoms with Gasteiger partial charge in [-0.05, 0) is 19.3 Å². The van der Waals surface area contributed by atoms with Crippen LogP contribution in [-0.4, -0.2) is 0 Å². The van der Waals surface area contributed by atoms with Gasteiger partial charge < -0.3 is 0 Å². The van der Waals surface area contributed by atoms with Crippen LogP contribution < -0.4 is 0 Å². The Bertz CT molecular complexity index is 151. The van der Waals surface area contributed by atoms with Crippen molar-refractivity contribution in [2.24, 2.45) is 0 Å². The molecule has 0 heterocycles. The first-order valence-electron chi connectivity index (χ1n) is 4.44. The van der Waals surface area contributed by atoms with E-state index in [0.29, 0.717) is 0 Å². The number of allylic oxidation sites excluding steroid dienone is 2. The first-order valence-corrected chi connectivity index (χ1v) is 4.44. The van der Waals surface area contributed by atoms with Crippen LogP contribution in [0.25, 0.3) is 0 Å². The Balaban J connectivity index is 3.55. The van der Waals surface area contributed by atoms with Gasteiger partial charge in [-0.2, -0.15) is 5.26 Å². The van der Waals surface area contributed by atoms with Crippen molar-refractivity contribution >= 4 is 0 Å². The summed E-state index contributed by atoms with van der Waals surface area (Å²) in [5, 5.41) is 8.64. The van der Waals surface area contributed by atoms with Gasteiger partial charge in [0, 0.05) is 5.57 Å². The highest BCUT2D eigenvalue weighted by molar-refractivity contribution is 5.19. The van der Waals surface area contributed by atoms with Crippen LogP contribution in [0.5, 0.6) is 0 Å². The SMILES string of the molecule is CC/C=C(/C#N)CCCCC. The minimum absolute atomic E-state index is 0.959. The molecule has 0 spiro atoms. The van der Waals surface area contributed by atoms with Crippen LogP contribution in [0.3, 0.4) is 0 Å². The van der Waals surface area contributed by atoms with Crippen molar-refractivity contribution in [2.75, 3.05) is 0 Å². The van der Waals surface area contributed by atoms with Gasteiger partial charge in [-0.1, -0.05) is 32.8 Å². The van der Waals surface area contributed by atoms with E-state index in [0.717, 1.165) is 24.8 Å². The van der Waals surface area contributed by atoms with E-state index in [4.69, 9.17) is 5.26 Å². The molecule has 0 aromatic heterocycles. The van der Waals surface area contributed by atoms with Crippen LogP contribution in [0.15, 0.2) is 11.6 Å². The van der Waals surface area contributed by atoms with Gasteiger partial charge in [0.15, 0.2) is 0 Å². The lowest BCUT2D eigenvalue weighted by Crippen LogP contribution is -1.80. The molecule has 1 heteroatoms. The predicted molar refractivity (Wildman–Crippen MR) is 48.1 cm³/mol. The van der Waals surface area contributed by atoms with Crippen LogP contribution in [-0.2, 0) is 0 Å².